The number of methoxy groups -OCH3 is 1. The van der Waals surface area contributed by atoms with Gasteiger partial charge in [0, 0.05) is 23.2 Å². The summed E-state index contributed by atoms with van der Waals surface area (Å²) in [6.07, 6.45) is 0. The molecule has 1 aromatic heterocycles. The van der Waals surface area contributed by atoms with E-state index in [0.29, 0.717) is 17.3 Å². The van der Waals surface area contributed by atoms with Crippen LogP contribution in [0.2, 0.25) is 5.02 Å². The maximum atomic E-state index is 5.99. The zero-order valence-electron chi connectivity index (χ0n) is 9.25. The first-order chi connectivity index (χ1) is 7.61. The molecule has 1 aromatic carbocycles. The third-order valence-corrected chi connectivity index (χ3v) is 2.66. The molecule has 3 nitrogen and oxygen atoms in total. The minimum atomic E-state index is 0.461. The second kappa shape index (κ2) is 4.28. The molecule has 84 valence electrons. The molecule has 0 unspecified atom stereocenters. The van der Waals surface area contributed by atoms with Gasteiger partial charge in [-0.15, -0.1) is 0 Å². The number of nitrogens with zero attached hydrogens (tertiary/aromatic N) is 1. The van der Waals surface area contributed by atoms with E-state index >= 15 is 0 Å². The molecule has 2 aromatic rings. The van der Waals surface area contributed by atoms with Crippen LogP contribution in [0, 0.1) is 6.92 Å². The highest BCUT2D eigenvalue weighted by Crippen LogP contribution is 2.27. The molecule has 0 spiro atoms. The van der Waals surface area contributed by atoms with E-state index in [2.05, 4.69) is 4.98 Å². The number of nitrogen functional groups attached to an aromatic ring is 1. The second-order valence-corrected chi connectivity index (χ2v) is 4.19. The minimum absolute atomic E-state index is 0.461. The van der Waals surface area contributed by atoms with Crippen LogP contribution in [0.15, 0.2) is 18.2 Å². The molecular formula is C12H13ClN2O. The van der Waals surface area contributed by atoms with Gasteiger partial charge in [-0.1, -0.05) is 11.6 Å². The standard InChI is InChI=1S/C12H13ClN2O/c1-7-3-8(13)4-10-11(14)5-9(6-16-2)15-12(7)10/h3-5H,6H2,1-2H3,(H2,14,15). The Morgan fingerprint density at radius 3 is 2.81 bits per heavy atom. The summed E-state index contributed by atoms with van der Waals surface area (Å²) in [7, 11) is 1.64. The molecule has 16 heavy (non-hydrogen) atoms. The number of pyridine rings is 1. The average molecular weight is 237 g/mol. The topological polar surface area (TPSA) is 48.1 Å². The Balaban J connectivity index is 2.71. The fourth-order valence-corrected chi connectivity index (χ4v) is 2.03. The molecule has 4 heteroatoms. The van der Waals surface area contributed by atoms with Gasteiger partial charge in [0.25, 0.3) is 0 Å². The maximum Gasteiger partial charge on any atom is 0.0885 e. The van der Waals surface area contributed by atoms with Crippen molar-refractivity contribution in [3.05, 3.63) is 34.5 Å². The lowest BCUT2D eigenvalue weighted by atomic mass is 10.1. The van der Waals surface area contributed by atoms with Crippen molar-refractivity contribution in [2.75, 3.05) is 12.8 Å². The van der Waals surface area contributed by atoms with Crippen LogP contribution in [-0.2, 0) is 11.3 Å². The molecule has 0 aliphatic rings. The molecule has 0 fully saturated rings. The number of halogens is 1. The van der Waals surface area contributed by atoms with E-state index < -0.39 is 0 Å². The van der Waals surface area contributed by atoms with Gasteiger partial charge in [-0.25, -0.2) is 4.98 Å². The summed E-state index contributed by atoms with van der Waals surface area (Å²) in [5, 5.41) is 1.57. The lowest BCUT2D eigenvalue weighted by molar-refractivity contribution is 0.182. The third-order valence-electron chi connectivity index (χ3n) is 2.45. The zero-order valence-corrected chi connectivity index (χ0v) is 10.0. The van der Waals surface area contributed by atoms with Crippen LogP contribution >= 0.6 is 11.6 Å². The molecule has 0 saturated carbocycles. The number of nitrogens with two attached hydrogens (primary N) is 1. The Morgan fingerprint density at radius 1 is 1.38 bits per heavy atom. The van der Waals surface area contributed by atoms with Gasteiger partial charge in [-0.05, 0) is 30.7 Å². The van der Waals surface area contributed by atoms with E-state index in [9.17, 15) is 0 Å². The fourth-order valence-electron chi connectivity index (χ4n) is 1.76. The van der Waals surface area contributed by atoms with Gasteiger partial charge in [0.2, 0.25) is 0 Å². The second-order valence-electron chi connectivity index (χ2n) is 3.75. The van der Waals surface area contributed by atoms with Crippen LogP contribution in [0.1, 0.15) is 11.3 Å². The number of rotatable bonds is 2. The number of hydrogen-bond acceptors (Lipinski definition) is 3. The highest BCUT2D eigenvalue weighted by atomic mass is 35.5. The van der Waals surface area contributed by atoms with Crippen LogP contribution in [-0.4, -0.2) is 12.1 Å². The first-order valence-corrected chi connectivity index (χ1v) is 5.34. The minimum Gasteiger partial charge on any atom is -0.398 e. The van der Waals surface area contributed by atoms with E-state index in [4.69, 9.17) is 22.1 Å². The van der Waals surface area contributed by atoms with Crippen molar-refractivity contribution in [2.24, 2.45) is 0 Å². The molecule has 0 atom stereocenters. The molecule has 1 heterocycles. The van der Waals surface area contributed by atoms with Crippen LogP contribution in [0.3, 0.4) is 0 Å². The van der Waals surface area contributed by atoms with E-state index in [-0.39, 0.29) is 0 Å². The van der Waals surface area contributed by atoms with Crippen molar-refractivity contribution < 1.29 is 4.74 Å². The highest BCUT2D eigenvalue weighted by molar-refractivity contribution is 6.31. The van der Waals surface area contributed by atoms with Crippen molar-refractivity contribution in [3.63, 3.8) is 0 Å². The van der Waals surface area contributed by atoms with Crippen molar-refractivity contribution in [1.82, 2.24) is 4.98 Å². The molecule has 2 N–H and O–H groups in total. The number of benzene rings is 1. The van der Waals surface area contributed by atoms with Gasteiger partial charge >= 0.3 is 0 Å². The van der Waals surface area contributed by atoms with Crippen molar-refractivity contribution >= 4 is 28.2 Å². The van der Waals surface area contributed by atoms with Crippen molar-refractivity contribution in [1.29, 1.82) is 0 Å². The number of fused-ring (bicyclic) bond motifs is 1. The molecule has 0 amide bonds. The average Bonchev–Trinajstić information content (AvgIpc) is 2.20. The number of ether oxygens (including phenoxy) is 1. The first kappa shape index (κ1) is 11.2. The largest absolute Gasteiger partial charge is 0.398 e. The lowest BCUT2D eigenvalue weighted by Crippen LogP contribution is -1.98. The molecular weight excluding hydrogens is 224 g/mol. The Morgan fingerprint density at radius 2 is 2.12 bits per heavy atom. The van der Waals surface area contributed by atoms with Crippen LogP contribution in [0.5, 0.6) is 0 Å². The van der Waals surface area contributed by atoms with Crippen LogP contribution in [0.25, 0.3) is 10.9 Å². The normalized spacial score (nSPS) is 10.9. The number of aryl methyl sites for hydroxylation is 1. The van der Waals surface area contributed by atoms with Crippen LogP contribution in [0.4, 0.5) is 5.69 Å². The van der Waals surface area contributed by atoms with Crippen LogP contribution < -0.4 is 5.73 Å². The van der Waals surface area contributed by atoms with Gasteiger partial charge in [-0.3, -0.25) is 0 Å². The zero-order chi connectivity index (χ0) is 11.7. The monoisotopic (exact) mass is 236 g/mol. The highest BCUT2D eigenvalue weighted by Gasteiger charge is 2.07. The fraction of sp³-hybridized carbons (Fsp3) is 0.250. The summed E-state index contributed by atoms with van der Waals surface area (Å²) < 4.78 is 5.05. The third kappa shape index (κ3) is 1.96. The molecule has 0 aliphatic carbocycles. The van der Waals surface area contributed by atoms with Gasteiger partial charge in [0.15, 0.2) is 0 Å². The Bertz CT molecular complexity index is 540. The maximum absolute atomic E-state index is 5.99. The Hall–Kier alpha value is -1.32. The first-order valence-electron chi connectivity index (χ1n) is 4.96. The molecule has 0 radical (unpaired) electrons. The number of aromatic nitrogens is 1. The molecule has 0 saturated heterocycles. The number of hydrogen-bond donors (Lipinski definition) is 1. The Labute approximate surface area is 99.2 Å². The van der Waals surface area contributed by atoms with E-state index in [1.807, 2.05) is 25.1 Å². The van der Waals surface area contributed by atoms with E-state index in [1.165, 1.54) is 0 Å². The molecule has 2 rings (SSSR count). The smallest absolute Gasteiger partial charge is 0.0885 e. The predicted molar refractivity (Wildman–Crippen MR) is 66.6 cm³/mol. The number of anilines is 1. The lowest BCUT2D eigenvalue weighted by Gasteiger charge is -2.08. The van der Waals surface area contributed by atoms with Gasteiger partial charge < -0.3 is 10.5 Å². The van der Waals surface area contributed by atoms with Gasteiger partial charge in [0.05, 0.1) is 17.8 Å². The molecule has 0 bridgehead atoms. The predicted octanol–water partition coefficient (Wildman–Crippen LogP) is 2.93. The summed E-state index contributed by atoms with van der Waals surface area (Å²) >= 11 is 5.99. The van der Waals surface area contributed by atoms with Crippen molar-refractivity contribution in [3.8, 4) is 0 Å². The van der Waals surface area contributed by atoms with E-state index in [1.54, 1.807) is 7.11 Å². The summed E-state index contributed by atoms with van der Waals surface area (Å²) in [5.74, 6) is 0. The summed E-state index contributed by atoms with van der Waals surface area (Å²) in [6.45, 7) is 2.43. The summed E-state index contributed by atoms with van der Waals surface area (Å²) in [5.41, 5.74) is 9.39. The summed E-state index contributed by atoms with van der Waals surface area (Å²) in [4.78, 5) is 4.50. The van der Waals surface area contributed by atoms with E-state index in [0.717, 1.165) is 22.2 Å². The summed E-state index contributed by atoms with van der Waals surface area (Å²) in [6, 6.07) is 5.54. The van der Waals surface area contributed by atoms with Gasteiger partial charge in [-0.2, -0.15) is 0 Å². The van der Waals surface area contributed by atoms with Gasteiger partial charge in [0.1, 0.15) is 0 Å². The Kier molecular flexibility index (Phi) is 2.99. The SMILES string of the molecule is COCc1cc(N)c2cc(Cl)cc(C)c2n1. The van der Waals surface area contributed by atoms with Crippen molar-refractivity contribution in [2.45, 2.75) is 13.5 Å². The molecule has 0 aliphatic heterocycles. The quantitative estimate of drug-likeness (QED) is 0.872.